The first-order chi connectivity index (χ1) is 6.77. The maximum absolute atomic E-state index is 5.84. The van der Waals surface area contributed by atoms with Gasteiger partial charge < -0.3 is 5.32 Å². The molecule has 2 atom stereocenters. The highest BCUT2D eigenvalue weighted by atomic mass is 35.5. The Bertz CT molecular complexity index is 197. The van der Waals surface area contributed by atoms with Crippen molar-refractivity contribution in [3.63, 3.8) is 0 Å². The maximum Gasteiger partial charge on any atom is 0.0432 e. The predicted molar refractivity (Wildman–Crippen MR) is 67.4 cm³/mol. The van der Waals surface area contributed by atoms with Gasteiger partial charge >= 0.3 is 0 Å². The molecule has 1 fully saturated rings. The molecular formula is C10H17Cl2NS. The molecule has 82 valence electrons. The van der Waals surface area contributed by atoms with Crippen LogP contribution >= 0.6 is 35.0 Å². The van der Waals surface area contributed by atoms with E-state index in [4.69, 9.17) is 23.2 Å². The van der Waals surface area contributed by atoms with Crippen molar-refractivity contribution in [1.82, 2.24) is 5.32 Å². The standard InChI is InChI=1S/C10H17Cl2NS/c1-14-10-5-3-2-4-9(10)13-7-8(12)6-11/h6,9-10,13H,2-5,7H2,1H3. The Labute approximate surface area is 101 Å². The van der Waals surface area contributed by atoms with Crippen LogP contribution in [0.3, 0.4) is 0 Å². The average molecular weight is 254 g/mol. The first kappa shape index (κ1) is 12.7. The van der Waals surface area contributed by atoms with Crippen LogP contribution in [0.5, 0.6) is 0 Å². The molecule has 0 saturated heterocycles. The third-order valence-corrected chi connectivity index (χ3v) is 4.44. The molecule has 1 aliphatic rings. The minimum absolute atomic E-state index is 0.601. The van der Waals surface area contributed by atoms with E-state index in [1.165, 1.54) is 31.2 Å². The van der Waals surface area contributed by atoms with Gasteiger partial charge in [0, 0.05) is 28.4 Å². The summed E-state index contributed by atoms with van der Waals surface area (Å²) >= 11 is 13.3. The number of nitrogens with one attached hydrogen (secondary N) is 1. The van der Waals surface area contributed by atoms with Gasteiger partial charge in [0.2, 0.25) is 0 Å². The Morgan fingerprint density at radius 3 is 2.86 bits per heavy atom. The fourth-order valence-electron chi connectivity index (χ4n) is 1.88. The summed E-state index contributed by atoms with van der Waals surface area (Å²) in [4.78, 5) is 0. The van der Waals surface area contributed by atoms with Crippen molar-refractivity contribution in [3.05, 3.63) is 10.6 Å². The van der Waals surface area contributed by atoms with Crippen LogP contribution in [-0.4, -0.2) is 24.1 Å². The highest BCUT2D eigenvalue weighted by Crippen LogP contribution is 2.27. The minimum atomic E-state index is 0.601. The van der Waals surface area contributed by atoms with E-state index in [0.29, 0.717) is 17.6 Å². The number of thioether (sulfide) groups is 1. The van der Waals surface area contributed by atoms with Gasteiger partial charge in [0.15, 0.2) is 0 Å². The molecule has 1 aliphatic carbocycles. The molecule has 2 unspecified atom stereocenters. The zero-order valence-electron chi connectivity index (χ0n) is 8.43. The number of hydrogen-bond acceptors (Lipinski definition) is 2. The lowest BCUT2D eigenvalue weighted by molar-refractivity contribution is 0.395. The fourth-order valence-corrected chi connectivity index (χ4v) is 3.00. The number of rotatable bonds is 4. The van der Waals surface area contributed by atoms with Crippen molar-refractivity contribution in [1.29, 1.82) is 0 Å². The maximum atomic E-state index is 5.84. The molecule has 4 heteroatoms. The molecule has 1 rings (SSSR count). The van der Waals surface area contributed by atoms with Gasteiger partial charge in [0.1, 0.15) is 0 Å². The van der Waals surface area contributed by atoms with Gasteiger partial charge in [0.25, 0.3) is 0 Å². The lowest BCUT2D eigenvalue weighted by Gasteiger charge is -2.31. The first-order valence-corrected chi connectivity index (χ1v) is 7.09. The molecule has 0 radical (unpaired) electrons. The summed E-state index contributed by atoms with van der Waals surface area (Å²) in [5, 5.41) is 4.90. The zero-order valence-corrected chi connectivity index (χ0v) is 10.8. The summed E-state index contributed by atoms with van der Waals surface area (Å²) < 4.78 is 0. The van der Waals surface area contributed by atoms with E-state index in [1.807, 2.05) is 11.8 Å². The van der Waals surface area contributed by atoms with E-state index < -0.39 is 0 Å². The van der Waals surface area contributed by atoms with Crippen LogP contribution in [0.1, 0.15) is 25.7 Å². The van der Waals surface area contributed by atoms with Crippen LogP contribution in [0.15, 0.2) is 10.6 Å². The Kier molecular flexibility index (Phi) is 6.34. The second-order valence-electron chi connectivity index (χ2n) is 3.60. The highest BCUT2D eigenvalue weighted by molar-refractivity contribution is 7.99. The van der Waals surface area contributed by atoms with E-state index in [1.54, 1.807) is 0 Å². The third-order valence-electron chi connectivity index (χ3n) is 2.66. The Hall–Kier alpha value is 0.630. The summed E-state index contributed by atoms with van der Waals surface area (Å²) in [6.07, 6.45) is 7.46. The normalized spacial score (nSPS) is 29.2. The van der Waals surface area contributed by atoms with Gasteiger partial charge in [0.05, 0.1) is 0 Å². The second kappa shape index (κ2) is 7.00. The van der Waals surface area contributed by atoms with Gasteiger partial charge in [-0.25, -0.2) is 0 Å². The van der Waals surface area contributed by atoms with Crippen molar-refractivity contribution >= 4 is 35.0 Å². The van der Waals surface area contributed by atoms with Crippen molar-refractivity contribution in [3.8, 4) is 0 Å². The van der Waals surface area contributed by atoms with E-state index in [9.17, 15) is 0 Å². The summed E-state index contributed by atoms with van der Waals surface area (Å²) in [6.45, 7) is 0.701. The molecule has 0 aromatic carbocycles. The first-order valence-electron chi connectivity index (χ1n) is 4.99. The van der Waals surface area contributed by atoms with Crippen LogP contribution in [0.2, 0.25) is 0 Å². The summed E-state index contributed by atoms with van der Waals surface area (Å²) in [6, 6.07) is 0.601. The molecule has 0 aliphatic heterocycles. The molecule has 0 aromatic rings. The Morgan fingerprint density at radius 2 is 2.21 bits per heavy atom. The third kappa shape index (κ3) is 4.01. The lowest BCUT2D eigenvalue weighted by Crippen LogP contribution is -2.40. The minimum Gasteiger partial charge on any atom is -0.308 e. The van der Waals surface area contributed by atoms with E-state index >= 15 is 0 Å². The second-order valence-corrected chi connectivity index (χ2v) is 5.38. The monoisotopic (exact) mass is 253 g/mol. The van der Waals surface area contributed by atoms with E-state index in [-0.39, 0.29) is 0 Å². The van der Waals surface area contributed by atoms with Crippen molar-refractivity contribution in [2.75, 3.05) is 12.8 Å². The topological polar surface area (TPSA) is 12.0 Å². The fraction of sp³-hybridized carbons (Fsp3) is 0.800. The molecule has 0 heterocycles. The van der Waals surface area contributed by atoms with Crippen LogP contribution in [0, 0.1) is 0 Å². The Morgan fingerprint density at radius 1 is 1.50 bits per heavy atom. The van der Waals surface area contributed by atoms with Crippen molar-refractivity contribution in [2.45, 2.75) is 37.0 Å². The quantitative estimate of drug-likeness (QED) is 0.823. The summed E-state index contributed by atoms with van der Waals surface area (Å²) in [5.41, 5.74) is 1.44. The number of halogens is 2. The van der Waals surface area contributed by atoms with Crippen LogP contribution < -0.4 is 5.32 Å². The van der Waals surface area contributed by atoms with Crippen molar-refractivity contribution < 1.29 is 0 Å². The zero-order chi connectivity index (χ0) is 10.4. The van der Waals surface area contributed by atoms with Gasteiger partial charge in [-0.3, -0.25) is 0 Å². The average Bonchev–Trinajstić information content (AvgIpc) is 2.26. The van der Waals surface area contributed by atoms with Crippen LogP contribution in [0.4, 0.5) is 0 Å². The molecule has 14 heavy (non-hydrogen) atoms. The molecule has 1 N–H and O–H groups in total. The van der Waals surface area contributed by atoms with E-state index in [2.05, 4.69) is 11.6 Å². The smallest absolute Gasteiger partial charge is 0.0432 e. The summed E-state index contributed by atoms with van der Waals surface area (Å²) in [5.74, 6) is 0. The molecular weight excluding hydrogens is 237 g/mol. The van der Waals surface area contributed by atoms with Gasteiger partial charge in [-0.1, -0.05) is 36.0 Å². The molecule has 0 aromatic heterocycles. The molecule has 0 bridgehead atoms. The van der Waals surface area contributed by atoms with Crippen molar-refractivity contribution in [2.24, 2.45) is 0 Å². The highest BCUT2D eigenvalue weighted by Gasteiger charge is 2.23. The lowest BCUT2D eigenvalue weighted by atomic mass is 9.95. The summed E-state index contributed by atoms with van der Waals surface area (Å²) in [7, 11) is 0. The largest absolute Gasteiger partial charge is 0.308 e. The van der Waals surface area contributed by atoms with E-state index in [0.717, 1.165) is 5.25 Å². The SMILES string of the molecule is CSC1CCCCC1NCC(Cl)=CCl. The predicted octanol–water partition coefficient (Wildman–Crippen LogP) is 3.57. The van der Waals surface area contributed by atoms with Gasteiger partial charge in [-0.15, -0.1) is 0 Å². The van der Waals surface area contributed by atoms with Gasteiger partial charge in [-0.05, 0) is 19.1 Å². The molecule has 0 amide bonds. The van der Waals surface area contributed by atoms with Crippen LogP contribution in [-0.2, 0) is 0 Å². The Balaban J connectivity index is 2.33. The molecule has 0 spiro atoms. The van der Waals surface area contributed by atoms with Crippen LogP contribution in [0.25, 0.3) is 0 Å². The molecule has 1 nitrogen and oxygen atoms in total. The number of hydrogen-bond donors (Lipinski definition) is 1. The molecule has 1 saturated carbocycles. The van der Waals surface area contributed by atoms with Gasteiger partial charge in [-0.2, -0.15) is 11.8 Å².